The van der Waals surface area contributed by atoms with Crippen LogP contribution in [-0.2, 0) is 0 Å². The SMILES string of the molecule is CCCC(CCC)C1(C(C)N)CC1. The maximum atomic E-state index is 6.09. The topological polar surface area (TPSA) is 26.0 Å². The van der Waals surface area contributed by atoms with Crippen molar-refractivity contribution >= 4 is 0 Å². The highest BCUT2D eigenvalue weighted by atomic mass is 14.7. The first-order valence-corrected chi connectivity index (χ1v) is 5.93. The minimum absolute atomic E-state index is 0.413. The lowest BCUT2D eigenvalue weighted by atomic mass is 9.78. The smallest absolute Gasteiger partial charge is 0.00696 e. The van der Waals surface area contributed by atoms with E-state index in [4.69, 9.17) is 5.73 Å². The molecule has 78 valence electrons. The van der Waals surface area contributed by atoms with E-state index in [0.717, 1.165) is 5.92 Å². The fourth-order valence-electron chi connectivity index (χ4n) is 2.80. The molecule has 0 amide bonds. The average molecular weight is 183 g/mol. The third-order valence-electron chi connectivity index (χ3n) is 3.82. The number of nitrogens with two attached hydrogens (primary N) is 1. The molecule has 1 saturated carbocycles. The second-order valence-corrected chi connectivity index (χ2v) is 4.80. The molecule has 0 heterocycles. The van der Waals surface area contributed by atoms with Gasteiger partial charge in [-0.15, -0.1) is 0 Å². The van der Waals surface area contributed by atoms with Crippen LogP contribution in [0.4, 0.5) is 0 Å². The second kappa shape index (κ2) is 4.45. The predicted octanol–water partition coefficient (Wildman–Crippen LogP) is 3.33. The van der Waals surface area contributed by atoms with Crippen LogP contribution in [0.15, 0.2) is 0 Å². The Morgan fingerprint density at radius 2 is 1.62 bits per heavy atom. The summed E-state index contributed by atoms with van der Waals surface area (Å²) in [6.45, 7) is 6.78. The van der Waals surface area contributed by atoms with Gasteiger partial charge in [-0.05, 0) is 31.1 Å². The summed E-state index contributed by atoms with van der Waals surface area (Å²) < 4.78 is 0. The largest absolute Gasteiger partial charge is 0.327 e. The van der Waals surface area contributed by atoms with E-state index in [-0.39, 0.29) is 0 Å². The standard InChI is InChI=1S/C12H25N/c1-4-6-11(7-5-2)12(8-9-12)10(3)13/h10-11H,4-9,13H2,1-3H3. The molecular formula is C12H25N. The maximum Gasteiger partial charge on any atom is 0.00696 e. The summed E-state index contributed by atoms with van der Waals surface area (Å²) >= 11 is 0. The summed E-state index contributed by atoms with van der Waals surface area (Å²) in [7, 11) is 0. The maximum absolute atomic E-state index is 6.09. The summed E-state index contributed by atoms with van der Waals surface area (Å²) in [5.74, 6) is 0.905. The van der Waals surface area contributed by atoms with Gasteiger partial charge in [0.1, 0.15) is 0 Å². The fraction of sp³-hybridized carbons (Fsp3) is 1.00. The first-order chi connectivity index (χ1) is 6.17. The molecule has 1 aliphatic rings. The van der Waals surface area contributed by atoms with Gasteiger partial charge >= 0.3 is 0 Å². The molecule has 0 radical (unpaired) electrons. The lowest BCUT2D eigenvalue weighted by Crippen LogP contribution is -2.34. The third kappa shape index (κ3) is 2.25. The molecule has 1 fully saturated rings. The fourth-order valence-corrected chi connectivity index (χ4v) is 2.80. The molecule has 0 bridgehead atoms. The van der Waals surface area contributed by atoms with E-state index in [0.29, 0.717) is 11.5 Å². The molecule has 1 aliphatic carbocycles. The summed E-state index contributed by atoms with van der Waals surface area (Å²) in [6, 6.07) is 0.413. The van der Waals surface area contributed by atoms with E-state index in [1.165, 1.54) is 38.5 Å². The zero-order chi connectivity index (χ0) is 9.90. The van der Waals surface area contributed by atoms with Gasteiger partial charge in [-0.2, -0.15) is 0 Å². The lowest BCUT2D eigenvalue weighted by Gasteiger charge is -2.29. The monoisotopic (exact) mass is 183 g/mol. The number of rotatable bonds is 6. The summed E-state index contributed by atoms with van der Waals surface area (Å²) in [5, 5.41) is 0. The van der Waals surface area contributed by atoms with Gasteiger partial charge in [-0.25, -0.2) is 0 Å². The van der Waals surface area contributed by atoms with Gasteiger partial charge in [0, 0.05) is 6.04 Å². The molecule has 0 saturated heterocycles. The van der Waals surface area contributed by atoms with E-state index < -0.39 is 0 Å². The van der Waals surface area contributed by atoms with Crippen LogP contribution in [0, 0.1) is 11.3 Å². The van der Waals surface area contributed by atoms with Crippen LogP contribution < -0.4 is 5.73 Å². The highest BCUT2D eigenvalue weighted by Crippen LogP contribution is 2.56. The molecule has 13 heavy (non-hydrogen) atoms. The van der Waals surface area contributed by atoms with Crippen molar-refractivity contribution in [2.45, 2.75) is 65.3 Å². The van der Waals surface area contributed by atoms with Crippen LogP contribution >= 0.6 is 0 Å². The van der Waals surface area contributed by atoms with E-state index in [9.17, 15) is 0 Å². The zero-order valence-electron chi connectivity index (χ0n) is 9.47. The minimum Gasteiger partial charge on any atom is -0.327 e. The molecule has 1 atom stereocenters. The van der Waals surface area contributed by atoms with Crippen molar-refractivity contribution in [1.29, 1.82) is 0 Å². The molecule has 0 aromatic heterocycles. The Labute approximate surface area is 83.1 Å². The first-order valence-electron chi connectivity index (χ1n) is 5.93. The van der Waals surface area contributed by atoms with Crippen LogP contribution in [0.5, 0.6) is 0 Å². The van der Waals surface area contributed by atoms with Crippen molar-refractivity contribution in [3.05, 3.63) is 0 Å². The predicted molar refractivity (Wildman–Crippen MR) is 58.6 cm³/mol. The van der Waals surface area contributed by atoms with Gasteiger partial charge in [-0.3, -0.25) is 0 Å². The van der Waals surface area contributed by atoms with Crippen molar-refractivity contribution in [3.63, 3.8) is 0 Å². The molecule has 0 aromatic carbocycles. The van der Waals surface area contributed by atoms with Gasteiger partial charge in [0.15, 0.2) is 0 Å². The molecular weight excluding hydrogens is 158 g/mol. The average Bonchev–Trinajstić information content (AvgIpc) is 2.84. The third-order valence-corrected chi connectivity index (χ3v) is 3.82. The van der Waals surface area contributed by atoms with Crippen LogP contribution in [0.1, 0.15) is 59.3 Å². The molecule has 1 heteroatoms. The van der Waals surface area contributed by atoms with Crippen LogP contribution in [0.3, 0.4) is 0 Å². The molecule has 0 aromatic rings. The van der Waals surface area contributed by atoms with Crippen LogP contribution in [0.2, 0.25) is 0 Å². The Hall–Kier alpha value is -0.0400. The zero-order valence-corrected chi connectivity index (χ0v) is 9.47. The Kier molecular flexibility index (Phi) is 3.78. The highest BCUT2D eigenvalue weighted by molar-refractivity contribution is 5.03. The van der Waals surface area contributed by atoms with E-state index >= 15 is 0 Å². The van der Waals surface area contributed by atoms with Crippen molar-refractivity contribution in [3.8, 4) is 0 Å². The van der Waals surface area contributed by atoms with E-state index in [2.05, 4.69) is 20.8 Å². The highest BCUT2D eigenvalue weighted by Gasteiger charge is 2.50. The van der Waals surface area contributed by atoms with E-state index in [1.807, 2.05) is 0 Å². The number of hydrogen-bond acceptors (Lipinski definition) is 1. The molecule has 0 spiro atoms. The molecule has 1 nitrogen and oxygen atoms in total. The second-order valence-electron chi connectivity index (χ2n) is 4.80. The molecule has 0 aliphatic heterocycles. The summed E-state index contributed by atoms with van der Waals surface area (Å²) in [5.41, 5.74) is 6.64. The van der Waals surface area contributed by atoms with Gasteiger partial charge in [0.05, 0.1) is 0 Å². The molecule has 2 N–H and O–H groups in total. The molecule has 1 rings (SSSR count). The van der Waals surface area contributed by atoms with Gasteiger partial charge in [0.25, 0.3) is 0 Å². The van der Waals surface area contributed by atoms with Gasteiger partial charge < -0.3 is 5.73 Å². The van der Waals surface area contributed by atoms with Gasteiger partial charge in [0.2, 0.25) is 0 Å². The summed E-state index contributed by atoms with van der Waals surface area (Å²) in [6.07, 6.45) is 8.17. The van der Waals surface area contributed by atoms with Crippen LogP contribution in [0.25, 0.3) is 0 Å². The normalized spacial score (nSPS) is 21.9. The Bertz CT molecular complexity index is 141. The van der Waals surface area contributed by atoms with E-state index in [1.54, 1.807) is 0 Å². The van der Waals surface area contributed by atoms with Crippen molar-refractivity contribution in [1.82, 2.24) is 0 Å². The van der Waals surface area contributed by atoms with Crippen molar-refractivity contribution < 1.29 is 0 Å². The molecule has 1 unspecified atom stereocenters. The van der Waals surface area contributed by atoms with Gasteiger partial charge in [-0.1, -0.05) is 39.5 Å². The van der Waals surface area contributed by atoms with Crippen molar-refractivity contribution in [2.24, 2.45) is 17.1 Å². The van der Waals surface area contributed by atoms with Crippen molar-refractivity contribution in [2.75, 3.05) is 0 Å². The quantitative estimate of drug-likeness (QED) is 0.671. The Morgan fingerprint density at radius 1 is 1.15 bits per heavy atom. The number of hydrogen-bond donors (Lipinski definition) is 1. The summed E-state index contributed by atoms with van der Waals surface area (Å²) in [4.78, 5) is 0. The Balaban J connectivity index is 2.52. The minimum atomic E-state index is 0.413. The van der Waals surface area contributed by atoms with Crippen LogP contribution in [-0.4, -0.2) is 6.04 Å². The Morgan fingerprint density at radius 3 is 1.85 bits per heavy atom. The lowest BCUT2D eigenvalue weighted by molar-refractivity contribution is 0.231. The first kappa shape index (κ1) is 11.0.